The number of benzene rings is 3. The topological polar surface area (TPSA) is 46.2 Å². The third kappa shape index (κ3) is 3.20. The van der Waals surface area contributed by atoms with Gasteiger partial charge in [0.25, 0.3) is 0 Å². The van der Waals surface area contributed by atoms with Gasteiger partial charge in [-0.05, 0) is 17.7 Å². The molecule has 0 fully saturated rings. The number of hydrogen-bond donors (Lipinski definition) is 0. The van der Waals surface area contributed by atoms with E-state index in [0.29, 0.717) is 35.4 Å². The van der Waals surface area contributed by atoms with Gasteiger partial charge >= 0.3 is 0 Å². The van der Waals surface area contributed by atoms with Crippen molar-refractivity contribution in [2.45, 2.75) is 6.61 Å². The molecule has 3 aromatic carbocycles. The largest absolute Gasteiger partial charge is 0.496 e. The molecule has 0 heterocycles. The van der Waals surface area contributed by atoms with Gasteiger partial charge in [-0.3, -0.25) is 0 Å². The number of fused-ring (bicyclic) bond motifs is 1. The minimum absolute atomic E-state index is 0.402. The molecule has 0 aliphatic heterocycles. The Labute approximate surface area is 153 Å². The highest BCUT2D eigenvalue weighted by atomic mass is 16.5. The van der Waals surface area contributed by atoms with Crippen molar-refractivity contribution in [3.8, 4) is 28.7 Å². The molecule has 136 valence electrons. The second-order valence-electron chi connectivity index (χ2n) is 5.60. The second kappa shape index (κ2) is 7.87. The maximum atomic E-state index is 6.15. The molecule has 0 amide bonds. The molecule has 5 heteroatoms. The van der Waals surface area contributed by atoms with Crippen molar-refractivity contribution in [3.05, 3.63) is 54.1 Å². The van der Waals surface area contributed by atoms with Gasteiger partial charge < -0.3 is 23.7 Å². The summed E-state index contributed by atoms with van der Waals surface area (Å²) in [6, 6.07) is 15.4. The van der Waals surface area contributed by atoms with Gasteiger partial charge in [-0.1, -0.05) is 30.3 Å². The van der Waals surface area contributed by atoms with Gasteiger partial charge in [0.1, 0.15) is 23.9 Å². The van der Waals surface area contributed by atoms with E-state index in [-0.39, 0.29) is 0 Å². The summed E-state index contributed by atoms with van der Waals surface area (Å²) in [6.07, 6.45) is 0. The van der Waals surface area contributed by atoms with Crippen LogP contribution in [0.4, 0.5) is 0 Å². The van der Waals surface area contributed by atoms with Gasteiger partial charge in [-0.25, -0.2) is 0 Å². The number of hydrogen-bond acceptors (Lipinski definition) is 5. The van der Waals surface area contributed by atoms with E-state index in [1.54, 1.807) is 34.5 Å². The Kier molecular flexibility index (Phi) is 5.37. The molecule has 0 spiro atoms. The second-order valence-corrected chi connectivity index (χ2v) is 5.60. The zero-order chi connectivity index (χ0) is 18.5. The minimum atomic E-state index is 0.402. The molecule has 0 bridgehead atoms. The van der Waals surface area contributed by atoms with Gasteiger partial charge in [-0.2, -0.15) is 0 Å². The van der Waals surface area contributed by atoms with Gasteiger partial charge in [-0.15, -0.1) is 0 Å². The van der Waals surface area contributed by atoms with Gasteiger partial charge in [0.05, 0.1) is 39.2 Å². The maximum absolute atomic E-state index is 6.15. The zero-order valence-electron chi connectivity index (χ0n) is 15.4. The molecule has 0 aliphatic carbocycles. The fraction of sp³-hybridized carbons (Fsp3) is 0.238. The molecule has 0 aromatic heterocycles. The van der Waals surface area contributed by atoms with Crippen LogP contribution >= 0.6 is 0 Å². The molecule has 3 rings (SSSR count). The fourth-order valence-corrected chi connectivity index (χ4v) is 2.94. The van der Waals surface area contributed by atoms with Crippen LogP contribution in [0, 0.1) is 0 Å². The first-order chi connectivity index (χ1) is 12.7. The van der Waals surface area contributed by atoms with Crippen molar-refractivity contribution in [1.82, 2.24) is 0 Å². The van der Waals surface area contributed by atoms with E-state index in [4.69, 9.17) is 23.7 Å². The van der Waals surface area contributed by atoms with Crippen molar-refractivity contribution in [3.63, 3.8) is 0 Å². The van der Waals surface area contributed by atoms with Crippen LogP contribution in [0.1, 0.15) is 5.56 Å². The summed E-state index contributed by atoms with van der Waals surface area (Å²) < 4.78 is 28.4. The van der Waals surface area contributed by atoms with Crippen molar-refractivity contribution in [1.29, 1.82) is 0 Å². The third-order valence-corrected chi connectivity index (χ3v) is 4.19. The first-order valence-corrected chi connectivity index (χ1v) is 8.19. The molecule has 0 aliphatic rings. The lowest BCUT2D eigenvalue weighted by molar-refractivity contribution is 0.286. The van der Waals surface area contributed by atoms with Crippen LogP contribution in [0.3, 0.4) is 0 Å². The molecule has 26 heavy (non-hydrogen) atoms. The van der Waals surface area contributed by atoms with Crippen molar-refractivity contribution >= 4 is 10.8 Å². The quantitative estimate of drug-likeness (QED) is 0.627. The lowest BCUT2D eigenvalue weighted by Gasteiger charge is -2.19. The van der Waals surface area contributed by atoms with Crippen molar-refractivity contribution < 1.29 is 23.7 Å². The van der Waals surface area contributed by atoms with Crippen LogP contribution in [-0.4, -0.2) is 28.4 Å². The molecular weight excluding hydrogens is 332 g/mol. The van der Waals surface area contributed by atoms with Crippen LogP contribution in [0.15, 0.2) is 48.5 Å². The summed E-state index contributed by atoms with van der Waals surface area (Å²) in [6.45, 7) is 0.402. The van der Waals surface area contributed by atoms with E-state index in [0.717, 1.165) is 16.3 Å². The third-order valence-electron chi connectivity index (χ3n) is 4.19. The van der Waals surface area contributed by atoms with E-state index in [1.165, 1.54) is 0 Å². The highest BCUT2D eigenvalue weighted by Crippen LogP contribution is 2.49. The zero-order valence-corrected chi connectivity index (χ0v) is 15.4. The Bertz CT molecular complexity index is 890. The number of rotatable bonds is 7. The van der Waals surface area contributed by atoms with Crippen molar-refractivity contribution in [2.24, 2.45) is 0 Å². The molecule has 0 saturated carbocycles. The lowest BCUT2D eigenvalue weighted by Crippen LogP contribution is -2.01. The summed E-state index contributed by atoms with van der Waals surface area (Å²) in [7, 11) is 6.45. The van der Waals surface area contributed by atoms with Gasteiger partial charge in [0.2, 0.25) is 0 Å². The summed E-state index contributed by atoms with van der Waals surface area (Å²) in [5.41, 5.74) is 1.06. The summed E-state index contributed by atoms with van der Waals surface area (Å²) in [5, 5.41) is 1.53. The molecule has 0 saturated heterocycles. The first-order valence-electron chi connectivity index (χ1n) is 8.19. The molecule has 0 N–H and O–H groups in total. The summed E-state index contributed by atoms with van der Waals surface area (Å²) in [4.78, 5) is 0. The molecule has 0 radical (unpaired) electrons. The average molecular weight is 354 g/mol. The standard InChI is InChI=1S/C21H22O5/c1-22-15-10-11-16(23-2)20-19(15)17(24-3)12-18(25-4)21(20)26-13-14-8-6-5-7-9-14/h5-12H,13H2,1-4H3. The van der Waals surface area contributed by atoms with Crippen LogP contribution < -0.4 is 23.7 Å². The predicted octanol–water partition coefficient (Wildman–Crippen LogP) is 4.45. The summed E-state index contributed by atoms with van der Waals surface area (Å²) in [5.74, 6) is 3.10. The number of methoxy groups -OCH3 is 4. The van der Waals surface area contributed by atoms with E-state index in [2.05, 4.69) is 0 Å². The Morgan fingerprint density at radius 2 is 1.19 bits per heavy atom. The monoisotopic (exact) mass is 354 g/mol. The maximum Gasteiger partial charge on any atom is 0.173 e. The Morgan fingerprint density at radius 1 is 0.615 bits per heavy atom. The van der Waals surface area contributed by atoms with E-state index in [1.807, 2.05) is 42.5 Å². The average Bonchev–Trinajstić information content (AvgIpc) is 2.71. The predicted molar refractivity (Wildman–Crippen MR) is 101 cm³/mol. The molecule has 3 aromatic rings. The van der Waals surface area contributed by atoms with E-state index >= 15 is 0 Å². The minimum Gasteiger partial charge on any atom is -0.496 e. The molecular formula is C21H22O5. The SMILES string of the molecule is COc1cc(OC)c2c(OC)ccc(OC)c2c1OCc1ccccc1. The van der Waals surface area contributed by atoms with Crippen molar-refractivity contribution in [2.75, 3.05) is 28.4 Å². The highest BCUT2D eigenvalue weighted by molar-refractivity contribution is 6.03. The van der Waals surface area contributed by atoms with Gasteiger partial charge in [0, 0.05) is 6.07 Å². The number of ether oxygens (including phenoxy) is 5. The normalized spacial score (nSPS) is 10.5. The Hall–Kier alpha value is -3.08. The smallest absolute Gasteiger partial charge is 0.173 e. The molecule has 0 atom stereocenters. The van der Waals surface area contributed by atoms with Crippen LogP contribution in [-0.2, 0) is 6.61 Å². The first kappa shape index (κ1) is 17.7. The van der Waals surface area contributed by atoms with Crippen LogP contribution in [0.25, 0.3) is 10.8 Å². The molecule has 0 unspecified atom stereocenters. The Morgan fingerprint density at radius 3 is 1.77 bits per heavy atom. The van der Waals surface area contributed by atoms with Crippen LogP contribution in [0.5, 0.6) is 28.7 Å². The van der Waals surface area contributed by atoms with Gasteiger partial charge in [0.15, 0.2) is 11.5 Å². The van der Waals surface area contributed by atoms with Crippen LogP contribution in [0.2, 0.25) is 0 Å². The molecule has 5 nitrogen and oxygen atoms in total. The summed E-state index contributed by atoms with van der Waals surface area (Å²) >= 11 is 0. The van der Waals surface area contributed by atoms with E-state index in [9.17, 15) is 0 Å². The Balaban J connectivity index is 2.22. The fourth-order valence-electron chi connectivity index (χ4n) is 2.94. The lowest BCUT2D eigenvalue weighted by atomic mass is 10.1. The van der Waals surface area contributed by atoms with E-state index < -0.39 is 0 Å². The highest BCUT2D eigenvalue weighted by Gasteiger charge is 2.22.